The van der Waals surface area contributed by atoms with Gasteiger partial charge in [-0.15, -0.1) is 0 Å². The van der Waals surface area contributed by atoms with E-state index in [-0.39, 0.29) is 11.4 Å². The van der Waals surface area contributed by atoms with Crippen LogP contribution in [0, 0.1) is 0 Å². The summed E-state index contributed by atoms with van der Waals surface area (Å²) in [4.78, 5) is 18.8. The van der Waals surface area contributed by atoms with Gasteiger partial charge in [0.25, 0.3) is 5.56 Å². The molecule has 0 unspecified atom stereocenters. The maximum atomic E-state index is 11.8. The number of benzene rings is 1. The van der Waals surface area contributed by atoms with Crippen molar-refractivity contribution in [3.63, 3.8) is 0 Å². The second-order valence-corrected chi connectivity index (χ2v) is 4.22. The van der Waals surface area contributed by atoms with Crippen LogP contribution in [0.2, 0.25) is 0 Å². The van der Waals surface area contributed by atoms with Gasteiger partial charge in [-0.2, -0.15) is 0 Å². The molecule has 5 N–H and O–H groups in total. The second kappa shape index (κ2) is 9.09. The maximum absolute atomic E-state index is 11.8. The van der Waals surface area contributed by atoms with Gasteiger partial charge in [-0.3, -0.25) is 4.79 Å². The van der Waals surface area contributed by atoms with Crippen LogP contribution >= 0.6 is 0 Å². The zero-order valence-electron chi connectivity index (χ0n) is 13.5. The minimum absolute atomic E-state index is 0.276. The predicted molar refractivity (Wildman–Crippen MR) is 93.6 cm³/mol. The molecule has 0 aliphatic carbocycles. The molecular formula is C17H22N4O2. The average Bonchev–Trinajstić information content (AvgIpc) is 2.61. The molecular weight excluding hydrogens is 292 g/mol. The van der Waals surface area contributed by atoms with Gasteiger partial charge < -0.3 is 21.1 Å². The van der Waals surface area contributed by atoms with Gasteiger partial charge in [0, 0.05) is 24.9 Å². The molecule has 0 aliphatic rings. The molecule has 6 heteroatoms. The third-order valence-electron chi connectivity index (χ3n) is 2.92. The number of hydrogen-bond donors (Lipinski definition) is 4. The monoisotopic (exact) mass is 314 g/mol. The lowest BCUT2D eigenvalue weighted by molar-refractivity contribution is 0.466. The molecule has 0 radical (unpaired) electrons. The van der Waals surface area contributed by atoms with E-state index in [2.05, 4.69) is 15.3 Å². The van der Waals surface area contributed by atoms with Gasteiger partial charge in [0.15, 0.2) is 0 Å². The van der Waals surface area contributed by atoms with Crippen molar-refractivity contribution in [2.24, 2.45) is 5.73 Å². The molecule has 0 aliphatic heterocycles. The third kappa shape index (κ3) is 4.47. The number of aromatic nitrogens is 2. The standard InChI is InChI=1S/C15H16N4O2.C2H6/c1-17-13(9-20)11(8-16)15-18-12(7-14(21)19-15)10-5-3-2-4-6-10;1-2/h2-9,17,20H,16H2,1H3,(H,18,19,21);1-2H3/b11-8-,13-9?;. The Balaban J connectivity index is 0.00000127. The quantitative estimate of drug-likeness (QED) is 0.512. The summed E-state index contributed by atoms with van der Waals surface area (Å²) in [6, 6.07) is 10.7. The number of nitrogens with zero attached hydrogens (tertiary/aromatic N) is 1. The Morgan fingerprint density at radius 2 is 1.96 bits per heavy atom. The summed E-state index contributed by atoms with van der Waals surface area (Å²) in [6.45, 7) is 4.00. The summed E-state index contributed by atoms with van der Waals surface area (Å²) in [5.41, 5.74) is 7.38. The number of aliphatic hydroxyl groups is 1. The third-order valence-corrected chi connectivity index (χ3v) is 2.92. The van der Waals surface area contributed by atoms with Crippen LogP contribution in [-0.4, -0.2) is 22.1 Å². The number of nitrogens with one attached hydrogen (secondary N) is 2. The zero-order valence-corrected chi connectivity index (χ0v) is 13.5. The first-order valence-corrected chi connectivity index (χ1v) is 7.31. The van der Waals surface area contributed by atoms with Crippen LogP contribution in [0.1, 0.15) is 19.7 Å². The Morgan fingerprint density at radius 1 is 1.30 bits per heavy atom. The van der Waals surface area contributed by atoms with Gasteiger partial charge >= 0.3 is 0 Å². The average molecular weight is 314 g/mol. The van der Waals surface area contributed by atoms with Gasteiger partial charge in [0.1, 0.15) is 12.1 Å². The fraction of sp³-hybridized carbons (Fsp3) is 0.176. The maximum Gasteiger partial charge on any atom is 0.251 e. The Bertz CT molecular complexity index is 734. The largest absolute Gasteiger partial charge is 0.513 e. The van der Waals surface area contributed by atoms with Crippen LogP contribution in [0.4, 0.5) is 0 Å². The number of hydrogen-bond acceptors (Lipinski definition) is 5. The highest BCUT2D eigenvalue weighted by atomic mass is 16.2. The molecule has 0 amide bonds. The molecule has 0 atom stereocenters. The smallest absolute Gasteiger partial charge is 0.251 e. The summed E-state index contributed by atoms with van der Waals surface area (Å²) in [5, 5.41) is 12.0. The highest BCUT2D eigenvalue weighted by Gasteiger charge is 2.11. The Hall–Kier alpha value is -3.02. The van der Waals surface area contributed by atoms with E-state index in [0.717, 1.165) is 11.8 Å². The highest BCUT2D eigenvalue weighted by molar-refractivity contribution is 5.74. The number of likely N-dealkylation sites (N-methyl/N-ethyl adjacent to an activating group) is 1. The summed E-state index contributed by atoms with van der Waals surface area (Å²) < 4.78 is 0. The Kier molecular flexibility index (Phi) is 7.13. The Labute approximate surface area is 135 Å². The first-order valence-electron chi connectivity index (χ1n) is 7.31. The van der Waals surface area contributed by atoms with E-state index in [1.54, 1.807) is 7.05 Å². The number of H-pyrrole nitrogens is 1. The van der Waals surface area contributed by atoms with Gasteiger partial charge in [0.2, 0.25) is 0 Å². The number of aliphatic hydroxyl groups excluding tert-OH is 1. The molecule has 0 fully saturated rings. The summed E-state index contributed by atoms with van der Waals surface area (Å²) in [6.07, 6.45) is 2.14. The Morgan fingerprint density at radius 3 is 2.48 bits per heavy atom. The molecule has 1 aromatic heterocycles. The predicted octanol–water partition coefficient (Wildman–Crippen LogP) is 2.38. The van der Waals surface area contributed by atoms with E-state index in [1.807, 2.05) is 44.2 Å². The molecule has 0 spiro atoms. The summed E-state index contributed by atoms with van der Waals surface area (Å²) in [7, 11) is 1.63. The van der Waals surface area contributed by atoms with Crippen molar-refractivity contribution in [1.29, 1.82) is 0 Å². The van der Waals surface area contributed by atoms with Crippen molar-refractivity contribution in [2.75, 3.05) is 7.05 Å². The minimum Gasteiger partial charge on any atom is -0.513 e. The van der Waals surface area contributed by atoms with Crippen molar-refractivity contribution in [3.05, 3.63) is 70.7 Å². The molecule has 0 saturated carbocycles. The van der Waals surface area contributed by atoms with Crippen LogP contribution in [0.3, 0.4) is 0 Å². The number of nitrogens with two attached hydrogens (primary N) is 1. The SMILES string of the molecule is CC.CNC(=CO)/C(=C/N)c1nc(-c2ccccc2)cc(=O)[nH]1. The van der Waals surface area contributed by atoms with Crippen LogP contribution in [0.5, 0.6) is 0 Å². The minimum atomic E-state index is -0.299. The lowest BCUT2D eigenvalue weighted by atomic mass is 10.1. The van der Waals surface area contributed by atoms with E-state index in [4.69, 9.17) is 5.73 Å². The first-order chi connectivity index (χ1) is 11.2. The molecule has 0 saturated heterocycles. The second-order valence-electron chi connectivity index (χ2n) is 4.22. The van der Waals surface area contributed by atoms with Crippen molar-refractivity contribution >= 4 is 5.57 Å². The van der Waals surface area contributed by atoms with Gasteiger partial charge in [-0.1, -0.05) is 44.2 Å². The van der Waals surface area contributed by atoms with Crippen molar-refractivity contribution in [1.82, 2.24) is 15.3 Å². The van der Waals surface area contributed by atoms with Crippen LogP contribution < -0.4 is 16.6 Å². The molecule has 1 aromatic carbocycles. The zero-order chi connectivity index (χ0) is 17.2. The normalized spacial score (nSPS) is 11.4. The van der Waals surface area contributed by atoms with Crippen molar-refractivity contribution in [2.45, 2.75) is 13.8 Å². The van der Waals surface area contributed by atoms with E-state index < -0.39 is 0 Å². The van der Waals surface area contributed by atoms with Crippen LogP contribution in [0.25, 0.3) is 16.8 Å². The lowest BCUT2D eigenvalue weighted by Crippen LogP contribution is -2.16. The fourth-order valence-electron chi connectivity index (χ4n) is 1.91. The summed E-state index contributed by atoms with van der Waals surface area (Å²) in [5.74, 6) is 0.276. The van der Waals surface area contributed by atoms with Gasteiger partial charge in [0.05, 0.1) is 17.0 Å². The topological polar surface area (TPSA) is 104 Å². The fourth-order valence-corrected chi connectivity index (χ4v) is 1.91. The van der Waals surface area contributed by atoms with Gasteiger partial charge in [-0.25, -0.2) is 4.98 Å². The van der Waals surface area contributed by atoms with E-state index in [9.17, 15) is 9.90 Å². The van der Waals surface area contributed by atoms with Crippen LogP contribution in [0.15, 0.2) is 59.4 Å². The van der Waals surface area contributed by atoms with Gasteiger partial charge in [-0.05, 0) is 0 Å². The number of rotatable bonds is 4. The van der Waals surface area contributed by atoms with Crippen LogP contribution in [-0.2, 0) is 0 Å². The molecule has 6 nitrogen and oxygen atoms in total. The molecule has 122 valence electrons. The summed E-state index contributed by atoms with van der Waals surface area (Å²) >= 11 is 0. The van der Waals surface area contributed by atoms with Crippen molar-refractivity contribution in [3.8, 4) is 11.3 Å². The molecule has 1 heterocycles. The van der Waals surface area contributed by atoms with E-state index in [1.165, 1.54) is 12.3 Å². The molecule has 2 aromatic rings. The number of aromatic amines is 1. The van der Waals surface area contributed by atoms with Crippen molar-refractivity contribution < 1.29 is 5.11 Å². The first kappa shape index (κ1) is 18.0. The molecule has 0 bridgehead atoms. The molecule has 23 heavy (non-hydrogen) atoms. The van der Waals surface area contributed by atoms with E-state index in [0.29, 0.717) is 17.0 Å². The molecule has 2 rings (SSSR count). The number of allylic oxidation sites excluding steroid dienone is 1. The highest BCUT2D eigenvalue weighted by Crippen LogP contribution is 2.19. The van der Waals surface area contributed by atoms with E-state index >= 15 is 0 Å². The lowest BCUT2D eigenvalue weighted by Gasteiger charge is -2.10.